The van der Waals surface area contributed by atoms with Gasteiger partial charge in [-0.15, -0.1) is 10.2 Å². The Morgan fingerprint density at radius 3 is 2.89 bits per heavy atom. The molecule has 146 valence electrons. The van der Waals surface area contributed by atoms with Crippen LogP contribution in [0.2, 0.25) is 0 Å². The van der Waals surface area contributed by atoms with Gasteiger partial charge in [0.2, 0.25) is 10.0 Å². The number of nitrogens with zero attached hydrogens (tertiary/aromatic N) is 4. The summed E-state index contributed by atoms with van der Waals surface area (Å²) in [6.45, 7) is 4.94. The van der Waals surface area contributed by atoms with Gasteiger partial charge in [0.15, 0.2) is 0 Å². The van der Waals surface area contributed by atoms with Crippen molar-refractivity contribution in [3.8, 4) is 0 Å². The molecule has 0 unspecified atom stereocenters. The van der Waals surface area contributed by atoms with Crippen LogP contribution in [0.4, 0.5) is 4.39 Å². The van der Waals surface area contributed by atoms with Crippen LogP contribution in [0.5, 0.6) is 0 Å². The fourth-order valence-corrected chi connectivity index (χ4v) is 5.39. The first kappa shape index (κ1) is 18.5. The molecule has 3 heterocycles. The summed E-state index contributed by atoms with van der Waals surface area (Å²) in [5, 5.41) is 12.0. The fourth-order valence-electron chi connectivity index (χ4n) is 3.85. The molecule has 1 aromatic carbocycles. The molecular weight excluding hydrogens is 369 g/mol. The molecule has 1 aromatic heterocycles. The maximum atomic E-state index is 13.9. The molecule has 7 nitrogen and oxygen atoms in total. The highest BCUT2D eigenvalue weighted by atomic mass is 32.2. The third-order valence-electron chi connectivity index (χ3n) is 5.42. The summed E-state index contributed by atoms with van der Waals surface area (Å²) in [5.41, 5.74) is 0.435. The monoisotopic (exact) mass is 393 g/mol. The van der Waals surface area contributed by atoms with E-state index in [0.717, 1.165) is 56.6 Å². The Morgan fingerprint density at radius 2 is 2.07 bits per heavy atom. The van der Waals surface area contributed by atoms with Gasteiger partial charge in [-0.25, -0.2) is 12.8 Å². The predicted octanol–water partition coefficient (Wildman–Crippen LogP) is 1.44. The summed E-state index contributed by atoms with van der Waals surface area (Å²) in [6.07, 6.45) is 2.45. The average molecular weight is 393 g/mol. The molecule has 0 amide bonds. The molecule has 0 spiro atoms. The van der Waals surface area contributed by atoms with Crippen LogP contribution in [0.1, 0.15) is 36.0 Å². The molecule has 0 radical (unpaired) electrons. The van der Waals surface area contributed by atoms with Gasteiger partial charge in [0.25, 0.3) is 0 Å². The Bertz CT molecular complexity index is 943. The summed E-state index contributed by atoms with van der Waals surface area (Å²) in [4.78, 5) is 0.00974. The van der Waals surface area contributed by atoms with E-state index in [1.807, 2.05) is 0 Å². The number of piperidine rings is 1. The van der Waals surface area contributed by atoms with E-state index in [9.17, 15) is 12.8 Å². The summed E-state index contributed by atoms with van der Waals surface area (Å²) < 4.78 is 43.5. The summed E-state index contributed by atoms with van der Waals surface area (Å²) in [7, 11) is -3.73. The number of hydrogen-bond acceptors (Lipinski definition) is 5. The second kappa shape index (κ2) is 7.29. The Kier molecular flexibility index (Phi) is 5.00. The van der Waals surface area contributed by atoms with E-state index < -0.39 is 15.8 Å². The SMILES string of the molecule is Cc1ccc(S(=O)(=O)N2CCC[C@H](c3nnc4n3CCNCC4)C2)cc1F. The maximum absolute atomic E-state index is 13.9. The first-order valence-corrected chi connectivity index (χ1v) is 10.8. The number of benzene rings is 1. The summed E-state index contributed by atoms with van der Waals surface area (Å²) >= 11 is 0. The Balaban J connectivity index is 1.59. The molecular formula is C18H24FN5O2S. The third-order valence-corrected chi connectivity index (χ3v) is 7.29. The van der Waals surface area contributed by atoms with Gasteiger partial charge < -0.3 is 9.88 Å². The highest BCUT2D eigenvalue weighted by Gasteiger charge is 2.34. The van der Waals surface area contributed by atoms with Crippen LogP contribution in [-0.4, -0.2) is 53.7 Å². The zero-order valence-corrected chi connectivity index (χ0v) is 16.2. The maximum Gasteiger partial charge on any atom is 0.243 e. The zero-order valence-electron chi connectivity index (χ0n) is 15.4. The minimum atomic E-state index is -3.73. The first-order chi connectivity index (χ1) is 13.0. The van der Waals surface area contributed by atoms with Crippen molar-refractivity contribution in [1.82, 2.24) is 24.4 Å². The van der Waals surface area contributed by atoms with Gasteiger partial charge in [0.05, 0.1) is 4.90 Å². The van der Waals surface area contributed by atoms with Crippen LogP contribution < -0.4 is 5.32 Å². The van der Waals surface area contributed by atoms with Crippen molar-refractivity contribution < 1.29 is 12.8 Å². The Hall–Kier alpha value is -1.84. The number of aromatic nitrogens is 3. The van der Waals surface area contributed by atoms with Gasteiger partial charge in [-0.1, -0.05) is 6.07 Å². The molecule has 0 aliphatic carbocycles. The second-order valence-electron chi connectivity index (χ2n) is 7.24. The standard InChI is InChI=1S/C18H24FN5O2S/c1-13-4-5-15(11-16(13)19)27(25,26)23-9-2-3-14(12-23)18-22-21-17-6-7-20-8-10-24(17)18/h4-5,11,14,20H,2-3,6-10,12H2,1H3/t14-/m0/s1. The number of aryl methyl sites for hydroxylation is 1. The first-order valence-electron chi connectivity index (χ1n) is 9.36. The van der Waals surface area contributed by atoms with Crippen molar-refractivity contribution in [2.45, 2.75) is 43.5 Å². The molecule has 2 aromatic rings. The molecule has 1 N–H and O–H groups in total. The molecule has 1 saturated heterocycles. The number of halogens is 1. The molecule has 0 saturated carbocycles. The minimum absolute atomic E-state index is 0.00294. The van der Waals surface area contributed by atoms with Crippen LogP contribution in [-0.2, 0) is 23.0 Å². The number of fused-ring (bicyclic) bond motifs is 1. The number of sulfonamides is 1. The Labute approximate surface area is 158 Å². The van der Waals surface area contributed by atoms with Gasteiger partial charge >= 0.3 is 0 Å². The van der Waals surface area contributed by atoms with Crippen molar-refractivity contribution in [1.29, 1.82) is 0 Å². The predicted molar refractivity (Wildman–Crippen MR) is 98.5 cm³/mol. The normalized spacial score (nSPS) is 21.6. The highest BCUT2D eigenvalue weighted by molar-refractivity contribution is 7.89. The van der Waals surface area contributed by atoms with E-state index >= 15 is 0 Å². The van der Waals surface area contributed by atoms with Crippen LogP contribution >= 0.6 is 0 Å². The fraction of sp³-hybridized carbons (Fsp3) is 0.556. The van der Waals surface area contributed by atoms with Crippen LogP contribution in [0.3, 0.4) is 0 Å². The summed E-state index contributed by atoms with van der Waals surface area (Å²) in [5.74, 6) is 1.32. The number of hydrogen-bond donors (Lipinski definition) is 1. The van der Waals surface area contributed by atoms with E-state index in [1.165, 1.54) is 16.4 Å². The van der Waals surface area contributed by atoms with Gasteiger partial charge in [-0.3, -0.25) is 0 Å². The lowest BCUT2D eigenvalue weighted by Crippen LogP contribution is -2.40. The molecule has 4 rings (SSSR count). The molecule has 1 fully saturated rings. The van der Waals surface area contributed by atoms with E-state index in [4.69, 9.17) is 0 Å². The van der Waals surface area contributed by atoms with Gasteiger partial charge in [0.1, 0.15) is 17.5 Å². The minimum Gasteiger partial charge on any atom is -0.315 e. The van der Waals surface area contributed by atoms with Gasteiger partial charge in [-0.2, -0.15) is 4.31 Å². The number of rotatable bonds is 3. The van der Waals surface area contributed by atoms with E-state index in [-0.39, 0.29) is 10.8 Å². The van der Waals surface area contributed by atoms with Crippen LogP contribution in [0, 0.1) is 12.7 Å². The van der Waals surface area contributed by atoms with Crippen LogP contribution in [0.15, 0.2) is 23.1 Å². The molecule has 1 atom stereocenters. The lowest BCUT2D eigenvalue weighted by atomic mass is 9.99. The lowest BCUT2D eigenvalue weighted by Gasteiger charge is -2.31. The molecule has 9 heteroatoms. The van der Waals surface area contributed by atoms with E-state index in [2.05, 4.69) is 20.1 Å². The third kappa shape index (κ3) is 3.51. The zero-order chi connectivity index (χ0) is 19.0. The lowest BCUT2D eigenvalue weighted by molar-refractivity contribution is 0.304. The quantitative estimate of drug-likeness (QED) is 0.854. The average Bonchev–Trinajstić information content (AvgIpc) is 2.92. The van der Waals surface area contributed by atoms with Crippen LogP contribution in [0.25, 0.3) is 0 Å². The summed E-state index contributed by atoms with van der Waals surface area (Å²) in [6, 6.07) is 4.10. The van der Waals surface area contributed by atoms with Crippen molar-refractivity contribution in [3.05, 3.63) is 41.2 Å². The molecule has 2 aliphatic rings. The van der Waals surface area contributed by atoms with Crippen molar-refractivity contribution in [3.63, 3.8) is 0 Å². The Morgan fingerprint density at radius 1 is 1.22 bits per heavy atom. The van der Waals surface area contributed by atoms with Gasteiger partial charge in [0, 0.05) is 45.1 Å². The van der Waals surface area contributed by atoms with E-state index in [0.29, 0.717) is 18.7 Å². The van der Waals surface area contributed by atoms with Gasteiger partial charge in [-0.05, 0) is 37.5 Å². The number of nitrogens with one attached hydrogen (secondary N) is 1. The van der Waals surface area contributed by atoms with Crippen molar-refractivity contribution >= 4 is 10.0 Å². The van der Waals surface area contributed by atoms with Crippen molar-refractivity contribution in [2.75, 3.05) is 26.2 Å². The van der Waals surface area contributed by atoms with E-state index in [1.54, 1.807) is 6.92 Å². The molecule has 0 bridgehead atoms. The largest absolute Gasteiger partial charge is 0.315 e. The second-order valence-corrected chi connectivity index (χ2v) is 9.18. The molecule has 2 aliphatic heterocycles. The smallest absolute Gasteiger partial charge is 0.243 e. The van der Waals surface area contributed by atoms with Crippen molar-refractivity contribution in [2.24, 2.45) is 0 Å². The topological polar surface area (TPSA) is 80.1 Å². The highest BCUT2D eigenvalue weighted by Crippen LogP contribution is 2.30. The molecule has 27 heavy (non-hydrogen) atoms.